The summed E-state index contributed by atoms with van der Waals surface area (Å²) in [6.07, 6.45) is -8.86. The number of alkyl halides is 6. The summed E-state index contributed by atoms with van der Waals surface area (Å²) in [7, 11) is 0. The molecule has 0 aliphatic rings. The largest absolute Gasteiger partial charge is 0.508 e. The first-order valence-electron chi connectivity index (χ1n) is 3.49. The van der Waals surface area contributed by atoms with Crippen molar-refractivity contribution < 1.29 is 40.6 Å². The molecule has 0 unspecified atom stereocenters. The van der Waals surface area contributed by atoms with E-state index in [-0.39, 0.29) is 0 Å². The van der Waals surface area contributed by atoms with E-state index in [4.69, 9.17) is 0 Å². The number of carbonyl (C=O) groups excluding carboxylic acids is 1. The molecule has 0 atom stereocenters. The van der Waals surface area contributed by atoms with Crippen LogP contribution in [0.25, 0.3) is 0 Å². The third kappa shape index (κ3) is 6.02. The zero-order valence-electron chi connectivity index (χ0n) is 7.06. The van der Waals surface area contributed by atoms with Crippen molar-refractivity contribution in [3.8, 4) is 0 Å². The van der Waals surface area contributed by atoms with Gasteiger partial charge in [-0.3, -0.25) is 0 Å². The Morgan fingerprint density at radius 2 is 1.67 bits per heavy atom. The molecule has 0 saturated heterocycles. The number of ether oxygens (including phenoxy) is 2. The SMILES string of the molecule is O=C(OCC(F)F)OCC(F)(F)C(F)F. The Bertz CT molecular complexity index is 207. The fourth-order valence-electron chi connectivity index (χ4n) is 0.391. The first-order valence-corrected chi connectivity index (χ1v) is 3.49. The molecule has 0 aromatic carbocycles. The van der Waals surface area contributed by atoms with Gasteiger partial charge >= 0.3 is 18.5 Å². The van der Waals surface area contributed by atoms with Gasteiger partial charge in [0.1, 0.15) is 0 Å². The van der Waals surface area contributed by atoms with Gasteiger partial charge in [-0.2, -0.15) is 8.78 Å². The molecule has 0 aromatic heterocycles. The normalized spacial score (nSPS) is 12.0. The van der Waals surface area contributed by atoms with Gasteiger partial charge in [-0.1, -0.05) is 0 Å². The van der Waals surface area contributed by atoms with Gasteiger partial charge in [-0.05, 0) is 0 Å². The van der Waals surface area contributed by atoms with Gasteiger partial charge in [0.25, 0.3) is 6.43 Å². The van der Waals surface area contributed by atoms with Gasteiger partial charge in [0.05, 0.1) is 0 Å². The number of rotatable bonds is 5. The molecule has 0 aliphatic heterocycles. The lowest BCUT2D eigenvalue weighted by Crippen LogP contribution is -2.33. The third-order valence-electron chi connectivity index (χ3n) is 1.03. The molecule has 0 heterocycles. The molecule has 9 heteroatoms. The summed E-state index contributed by atoms with van der Waals surface area (Å²) < 4.78 is 77.0. The van der Waals surface area contributed by atoms with Crippen LogP contribution in [0.3, 0.4) is 0 Å². The van der Waals surface area contributed by atoms with E-state index in [0.29, 0.717) is 0 Å². The molecule has 0 spiro atoms. The van der Waals surface area contributed by atoms with Crippen molar-refractivity contribution in [3.63, 3.8) is 0 Å². The van der Waals surface area contributed by atoms with Crippen LogP contribution in [0.5, 0.6) is 0 Å². The summed E-state index contributed by atoms with van der Waals surface area (Å²) in [5.74, 6) is -4.52. The van der Waals surface area contributed by atoms with Crippen LogP contribution in [-0.4, -0.2) is 38.1 Å². The molecule has 0 radical (unpaired) electrons. The summed E-state index contributed by atoms with van der Waals surface area (Å²) >= 11 is 0. The second-order valence-corrected chi connectivity index (χ2v) is 2.30. The smallest absolute Gasteiger partial charge is 0.428 e. The minimum absolute atomic E-state index is 1.35. The lowest BCUT2D eigenvalue weighted by molar-refractivity contribution is -0.159. The molecule has 0 bridgehead atoms. The molecule has 0 N–H and O–H groups in total. The molecule has 0 rings (SSSR count). The number of hydrogen-bond donors (Lipinski definition) is 0. The fraction of sp³-hybridized carbons (Fsp3) is 0.833. The van der Waals surface area contributed by atoms with Crippen molar-refractivity contribution in [1.29, 1.82) is 0 Å². The third-order valence-corrected chi connectivity index (χ3v) is 1.03. The maximum Gasteiger partial charge on any atom is 0.508 e. The average Bonchev–Trinajstić information content (AvgIpc) is 2.11. The van der Waals surface area contributed by atoms with Crippen LogP contribution in [0, 0.1) is 0 Å². The van der Waals surface area contributed by atoms with Crippen LogP contribution >= 0.6 is 0 Å². The summed E-state index contributed by atoms with van der Waals surface area (Å²) in [6.45, 7) is -3.27. The minimum Gasteiger partial charge on any atom is -0.428 e. The molecule has 3 nitrogen and oxygen atoms in total. The van der Waals surface area contributed by atoms with Gasteiger partial charge in [0, 0.05) is 0 Å². The maximum absolute atomic E-state index is 12.1. The van der Waals surface area contributed by atoms with Crippen molar-refractivity contribution in [2.45, 2.75) is 18.8 Å². The molecule has 0 saturated carbocycles. The van der Waals surface area contributed by atoms with E-state index < -0.39 is 38.1 Å². The summed E-state index contributed by atoms with van der Waals surface area (Å²) in [5, 5.41) is 0. The van der Waals surface area contributed by atoms with E-state index in [1.54, 1.807) is 0 Å². The Balaban J connectivity index is 3.80. The Kier molecular flexibility index (Phi) is 5.23. The molecule has 0 aliphatic carbocycles. The molecule has 15 heavy (non-hydrogen) atoms. The van der Waals surface area contributed by atoms with Crippen molar-refractivity contribution in [2.24, 2.45) is 0 Å². The summed E-state index contributed by atoms with van der Waals surface area (Å²) in [4.78, 5) is 10.3. The monoisotopic (exact) mass is 240 g/mol. The van der Waals surface area contributed by atoms with E-state index in [2.05, 4.69) is 9.47 Å². The van der Waals surface area contributed by atoms with Crippen LogP contribution in [0.4, 0.5) is 31.1 Å². The quantitative estimate of drug-likeness (QED) is 0.546. The highest BCUT2D eigenvalue weighted by molar-refractivity contribution is 5.59. The topological polar surface area (TPSA) is 35.5 Å². The molecule has 0 fully saturated rings. The molecular formula is C6H6F6O3. The predicted molar refractivity (Wildman–Crippen MR) is 34.3 cm³/mol. The minimum atomic E-state index is -4.52. The first kappa shape index (κ1) is 13.8. The van der Waals surface area contributed by atoms with Gasteiger partial charge in [-0.15, -0.1) is 0 Å². The standard InChI is InChI=1S/C6H6F6O3/c7-3(8)1-14-5(13)15-2-6(11,12)4(9)10/h3-4H,1-2H2. The molecule has 0 amide bonds. The number of hydrogen-bond acceptors (Lipinski definition) is 3. The average molecular weight is 240 g/mol. The molecule has 90 valence electrons. The van der Waals surface area contributed by atoms with Crippen LogP contribution in [0.2, 0.25) is 0 Å². The lowest BCUT2D eigenvalue weighted by Gasteiger charge is -2.14. The van der Waals surface area contributed by atoms with Crippen molar-refractivity contribution in [2.75, 3.05) is 13.2 Å². The second kappa shape index (κ2) is 5.66. The van der Waals surface area contributed by atoms with Crippen molar-refractivity contribution in [3.05, 3.63) is 0 Å². The van der Waals surface area contributed by atoms with Gasteiger partial charge in [0.2, 0.25) is 0 Å². The van der Waals surface area contributed by atoms with E-state index >= 15 is 0 Å². The highest BCUT2D eigenvalue weighted by Crippen LogP contribution is 2.22. The Morgan fingerprint density at radius 3 is 2.07 bits per heavy atom. The summed E-state index contributed by atoms with van der Waals surface area (Å²) in [5.41, 5.74) is 0. The van der Waals surface area contributed by atoms with E-state index in [1.807, 2.05) is 0 Å². The fourth-order valence-corrected chi connectivity index (χ4v) is 0.391. The Hall–Kier alpha value is -1.15. The van der Waals surface area contributed by atoms with Crippen molar-refractivity contribution >= 4 is 6.16 Å². The Morgan fingerprint density at radius 1 is 1.13 bits per heavy atom. The van der Waals surface area contributed by atoms with E-state index in [1.165, 1.54) is 0 Å². The van der Waals surface area contributed by atoms with Crippen LogP contribution in [0.15, 0.2) is 0 Å². The Labute approximate surface area is 79.9 Å². The second-order valence-electron chi connectivity index (χ2n) is 2.30. The van der Waals surface area contributed by atoms with Gasteiger partial charge < -0.3 is 9.47 Å². The maximum atomic E-state index is 12.1. The number of halogens is 6. The van der Waals surface area contributed by atoms with Gasteiger partial charge in [0.15, 0.2) is 13.2 Å². The van der Waals surface area contributed by atoms with E-state index in [0.717, 1.165) is 0 Å². The van der Waals surface area contributed by atoms with Crippen molar-refractivity contribution in [1.82, 2.24) is 0 Å². The van der Waals surface area contributed by atoms with Crippen LogP contribution in [-0.2, 0) is 9.47 Å². The highest BCUT2D eigenvalue weighted by atomic mass is 19.3. The zero-order valence-corrected chi connectivity index (χ0v) is 7.06. The molecular weight excluding hydrogens is 234 g/mol. The summed E-state index contributed by atoms with van der Waals surface area (Å²) in [6, 6.07) is 0. The molecule has 0 aromatic rings. The zero-order chi connectivity index (χ0) is 12.1. The van der Waals surface area contributed by atoms with Crippen LogP contribution in [0.1, 0.15) is 0 Å². The first-order chi connectivity index (χ1) is 6.75. The predicted octanol–water partition coefficient (Wildman–Crippen LogP) is 2.31. The highest BCUT2D eigenvalue weighted by Gasteiger charge is 2.42. The number of carbonyl (C=O) groups is 1. The lowest BCUT2D eigenvalue weighted by atomic mass is 10.4. The van der Waals surface area contributed by atoms with Crippen LogP contribution < -0.4 is 0 Å². The van der Waals surface area contributed by atoms with Gasteiger partial charge in [-0.25, -0.2) is 22.4 Å². The van der Waals surface area contributed by atoms with E-state index in [9.17, 15) is 31.1 Å².